The smallest absolute Gasteiger partial charge is 0.191 e. The van der Waals surface area contributed by atoms with Gasteiger partial charge in [-0.05, 0) is 53.9 Å². The van der Waals surface area contributed by atoms with Crippen LogP contribution in [0, 0.1) is 0 Å². The summed E-state index contributed by atoms with van der Waals surface area (Å²) in [5.74, 6) is 1.57. The summed E-state index contributed by atoms with van der Waals surface area (Å²) in [6.07, 6.45) is 2.64. The molecule has 1 aromatic heterocycles. The number of halogens is 2. The molecular weight excluding hydrogens is 511 g/mol. The van der Waals surface area contributed by atoms with Gasteiger partial charge in [0.05, 0.1) is 5.69 Å². The molecule has 0 bridgehead atoms. The molecule has 0 amide bonds. The number of pyridine rings is 1. The van der Waals surface area contributed by atoms with E-state index in [4.69, 9.17) is 16.3 Å². The number of rotatable bonds is 8. The molecule has 0 fully saturated rings. The highest BCUT2D eigenvalue weighted by Gasteiger charge is 2.02. The zero-order valence-corrected chi connectivity index (χ0v) is 19.9. The Hall–Kier alpha value is -2.32. The lowest BCUT2D eigenvalue weighted by Gasteiger charge is -2.13. The maximum absolute atomic E-state index is 6.03. The van der Waals surface area contributed by atoms with Crippen LogP contribution in [0.5, 0.6) is 5.75 Å². The highest BCUT2D eigenvalue weighted by atomic mass is 127. The molecule has 0 unspecified atom stereocenters. The second-order valence-electron chi connectivity index (χ2n) is 6.49. The lowest BCUT2D eigenvalue weighted by atomic mass is 10.1. The first-order chi connectivity index (χ1) is 14.2. The van der Waals surface area contributed by atoms with E-state index >= 15 is 0 Å². The molecule has 0 radical (unpaired) electrons. The molecule has 2 aromatic carbocycles. The van der Waals surface area contributed by atoms with Gasteiger partial charge in [0, 0.05) is 31.4 Å². The minimum absolute atomic E-state index is 0. The summed E-state index contributed by atoms with van der Waals surface area (Å²) >= 11 is 6.03. The Labute approximate surface area is 200 Å². The molecular formula is C23H26ClIN4O. The minimum atomic E-state index is 0. The van der Waals surface area contributed by atoms with Crippen LogP contribution in [-0.2, 0) is 19.6 Å². The van der Waals surface area contributed by atoms with Gasteiger partial charge in [-0.2, -0.15) is 0 Å². The van der Waals surface area contributed by atoms with Crippen molar-refractivity contribution in [1.82, 2.24) is 15.6 Å². The predicted molar refractivity (Wildman–Crippen MR) is 134 cm³/mol. The van der Waals surface area contributed by atoms with Crippen LogP contribution in [0.2, 0.25) is 5.02 Å². The number of benzene rings is 2. The lowest BCUT2D eigenvalue weighted by Crippen LogP contribution is -2.37. The third-order valence-corrected chi connectivity index (χ3v) is 4.53. The Morgan fingerprint density at radius 3 is 2.60 bits per heavy atom. The number of hydrogen-bond donors (Lipinski definition) is 2. The molecule has 3 rings (SSSR count). The van der Waals surface area contributed by atoms with E-state index in [2.05, 4.69) is 32.7 Å². The van der Waals surface area contributed by atoms with Crippen LogP contribution in [0.25, 0.3) is 0 Å². The fourth-order valence-corrected chi connectivity index (χ4v) is 3.02. The van der Waals surface area contributed by atoms with Crippen molar-refractivity contribution in [2.24, 2.45) is 4.99 Å². The Morgan fingerprint density at radius 2 is 1.83 bits per heavy atom. The van der Waals surface area contributed by atoms with Gasteiger partial charge in [0.25, 0.3) is 0 Å². The summed E-state index contributed by atoms with van der Waals surface area (Å²) in [5, 5.41) is 7.41. The summed E-state index contributed by atoms with van der Waals surface area (Å²) in [6.45, 7) is 1.87. The average molecular weight is 537 g/mol. The second kappa shape index (κ2) is 13.1. The highest BCUT2D eigenvalue weighted by molar-refractivity contribution is 14.0. The number of hydrogen-bond acceptors (Lipinski definition) is 3. The van der Waals surface area contributed by atoms with Crippen LogP contribution < -0.4 is 15.4 Å². The minimum Gasteiger partial charge on any atom is -0.487 e. The van der Waals surface area contributed by atoms with E-state index in [1.807, 2.05) is 54.6 Å². The van der Waals surface area contributed by atoms with E-state index in [1.165, 1.54) is 5.56 Å². The van der Waals surface area contributed by atoms with Crippen molar-refractivity contribution in [2.45, 2.75) is 19.6 Å². The number of guanidine groups is 1. The standard InChI is InChI=1S/C23H25ClN4O.HI/c1-25-23(27-13-11-18-6-4-8-20(24)14-18)28-16-19-7-5-10-22(15-19)29-17-21-9-2-3-12-26-21;/h2-10,12,14-15H,11,13,16-17H2,1H3,(H2,25,27,28);1H. The van der Waals surface area contributed by atoms with Crippen LogP contribution in [0.3, 0.4) is 0 Å². The fraction of sp³-hybridized carbons (Fsp3) is 0.217. The van der Waals surface area contributed by atoms with E-state index in [1.54, 1.807) is 13.2 Å². The molecule has 0 aliphatic heterocycles. The number of aromatic nitrogens is 1. The topological polar surface area (TPSA) is 58.5 Å². The number of ether oxygens (including phenoxy) is 1. The predicted octanol–water partition coefficient (Wildman–Crippen LogP) is 4.84. The molecule has 3 aromatic rings. The van der Waals surface area contributed by atoms with Crippen molar-refractivity contribution in [2.75, 3.05) is 13.6 Å². The van der Waals surface area contributed by atoms with Crippen molar-refractivity contribution in [1.29, 1.82) is 0 Å². The van der Waals surface area contributed by atoms with Gasteiger partial charge in [0.1, 0.15) is 12.4 Å². The van der Waals surface area contributed by atoms with Crippen LogP contribution >= 0.6 is 35.6 Å². The Balaban J connectivity index is 0.00000320. The van der Waals surface area contributed by atoms with Gasteiger partial charge >= 0.3 is 0 Å². The van der Waals surface area contributed by atoms with Gasteiger partial charge in [-0.1, -0.05) is 41.9 Å². The molecule has 0 saturated heterocycles. The van der Waals surface area contributed by atoms with E-state index < -0.39 is 0 Å². The number of nitrogens with one attached hydrogen (secondary N) is 2. The van der Waals surface area contributed by atoms with Crippen LogP contribution in [0.4, 0.5) is 0 Å². The van der Waals surface area contributed by atoms with E-state index in [0.29, 0.717) is 13.2 Å². The first-order valence-corrected chi connectivity index (χ1v) is 9.91. The molecule has 0 atom stereocenters. The monoisotopic (exact) mass is 536 g/mol. The Bertz CT molecular complexity index is 937. The first-order valence-electron chi connectivity index (χ1n) is 9.53. The molecule has 158 valence electrons. The van der Waals surface area contributed by atoms with Gasteiger partial charge < -0.3 is 15.4 Å². The first kappa shape index (κ1) is 24.0. The highest BCUT2D eigenvalue weighted by Crippen LogP contribution is 2.15. The van der Waals surface area contributed by atoms with E-state index in [9.17, 15) is 0 Å². The maximum atomic E-state index is 6.03. The molecule has 0 spiro atoms. The third kappa shape index (κ3) is 8.20. The van der Waals surface area contributed by atoms with Gasteiger partial charge in [0.15, 0.2) is 5.96 Å². The molecule has 0 aliphatic rings. The number of aliphatic imine (C=N–C) groups is 1. The summed E-state index contributed by atoms with van der Waals surface area (Å²) in [6, 6.07) is 21.7. The summed E-state index contributed by atoms with van der Waals surface area (Å²) in [4.78, 5) is 8.55. The summed E-state index contributed by atoms with van der Waals surface area (Å²) in [5.41, 5.74) is 3.21. The molecule has 5 nitrogen and oxygen atoms in total. The van der Waals surface area contributed by atoms with Crippen molar-refractivity contribution < 1.29 is 4.74 Å². The molecule has 7 heteroatoms. The van der Waals surface area contributed by atoms with Gasteiger partial charge in [0.2, 0.25) is 0 Å². The molecule has 30 heavy (non-hydrogen) atoms. The molecule has 2 N–H and O–H groups in total. The zero-order chi connectivity index (χ0) is 20.3. The van der Waals surface area contributed by atoms with Crippen LogP contribution in [0.1, 0.15) is 16.8 Å². The SMILES string of the molecule is CN=C(NCCc1cccc(Cl)c1)NCc1cccc(OCc2ccccn2)c1.I. The fourth-order valence-electron chi connectivity index (χ4n) is 2.81. The van der Waals surface area contributed by atoms with Gasteiger partial charge in [-0.3, -0.25) is 9.98 Å². The van der Waals surface area contributed by atoms with Crippen molar-refractivity contribution in [3.05, 3.63) is 94.8 Å². The van der Waals surface area contributed by atoms with E-state index in [0.717, 1.165) is 41.0 Å². The Morgan fingerprint density at radius 1 is 1.00 bits per heavy atom. The molecule has 1 heterocycles. The van der Waals surface area contributed by atoms with Crippen LogP contribution in [-0.4, -0.2) is 24.5 Å². The largest absolute Gasteiger partial charge is 0.487 e. The van der Waals surface area contributed by atoms with Gasteiger partial charge in [-0.25, -0.2) is 0 Å². The third-order valence-electron chi connectivity index (χ3n) is 4.29. The lowest BCUT2D eigenvalue weighted by molar-refractivity contribution is 0.301. The maximum Gasteiger partial charge on any atom is 0.191 e. The van der Waals surface area contributed by atoms with Crippen molar-refractivity contribution in [3.63, 3.8) is 0 Å². The van der Waals surface area contributed by atoms with Gasteiger partial charge in [-0.15, -0.1) is 24.0 Å². The molecule has 0 aliphatic carbocycles. The Kier molecular flexibility index (Phi) is 10.4. The van der Waals surface area contributed by atoms with Crippen molar-refractivity contribution >= 4 is 41.5 Å². The summed E-state index contributed by atoms with van der Waals surface area (Å²) in [7, 11) is 1.76. The molecule has 0 saturated carbocycles. The quantitative estimate of drug-likeness (QED) is 0.246. The number of nitrogens with zero attached hydrogens (tertiary/aromatic N) is 2. The van der Waals surface area contributed by atoms with Crippen molar-refractivity contribution in [3.8, 4) is 5.75 Å². The van der Waals surface area contributed by atoms with E-state index in [-0.39, 0.29) is 24.0 Å². The second-order valence-corrected chi connectivity index (χ2v) is 6.93. The normalized spacial score (nSPS) is 10.8. The zero-order valence-electron chi connectivity index (χ0n) is 16.8. The average Bonchev–Trinajstić information content (AvgIpc) is 2.76. The summed E-state index contributed by atoms with van der Waals surface area (Å²) < 4.78 is 5.84. The van der Waals surface area contributed by atoms with Crippen LogP contribution in [0.15, 0.2) is 77.9 Å².